The van der Waals surface area contributed by atoms with E-state index in [1.165, 1.54) is 11.1 Å². The summed E-state index contributed by atoms with van der Waals surface area (Å²) in [4.78, 5) is 0. The van der Waals surface area contributed by atoms with Crippen molar-refractivity contribution in [2.75, 3.05) is 6.54 Å². The van der Waals surface area contributed by atoms with Crippen molar-refractivity contribution in [3.63, 3.8) is 0 Å². The first kappa shape index (κ1) is 13.3. The van der Waals surface area contributed by atoms with Gasteiger partial charge in [-0.15, -0.1) is 0 Å². The van der Waals surface area contributed by atoms with Crippen LogP contribution in [0.2, 0.25) is 0 Å². The lowest BCUT2D eigenvalue weighted by atomic mass is 10.1. The third-order valence-electron chi connectivity index (χ3n) is 2.62. The van der Waals surface area contributed by atoms with Crippen molar-refractivity contribution in [1.29, 1.82) is 0 Å². The average Bonchev–Trinajstić information content (AvgIpc) is 2.32. The van der Waals surface area contributed by atoms with Crippen molar-refractivity contribution in [2.24, 2.45) is 16.8 Å². The molecular weight excluding hydrogens is 212 g/mol. The Morgan fingerprint density at radius 2 is 1.94 bits per heavy atom. The number of hydrazone groups is 1. The number of aryl methyl sites for hydroxylation is 1. The number of benzene rings is 1. The van der Waals surface area contributed by atoms with E-state index >= 15 is 0 Å². The molecule has 0 aliphatic rings. The highest BCUT2D eigenvalue weighted by molar-refractivity contribution is 5.98. The second kappa shape index (κ2) is 6.06. The summed E-state index contributed by atoms with van der Waals surface area (Å²) in [5, 5.41) is 5.32. The molecule has 0 atom stereocenters. The van der Waals surface area contributed by atoms with Gasteiger partial charge in [0.05, 0.1) is 6.54 Å². The predicted octanol–water partition coefficient (Wildman–Crippen LogP) is 1.76. The van der Waals surface area contributed by atoms with Gasteiger partial charge in [0.15, 0.2) is 5.84 Å². The minimum absolute atomic E-state index is 0.589. The maximum Gasteiger partial charge on any atom is 0.169 e. The molecule has 0 aliphatic heterocycles. The van der Waals surface area contributed by atoms with Gasteiger partial charge in [0, 0.05) is 5.56 Å². The lowest BCUT2D eigenvalue weighted by Crippen LogP contribution is -2.39. The van der Waals surface area contributed by atoms with E-state index in [9.17, 15) is 0 Å². The van der Waals surface area contributed by atoms with E-state index in [1.807, 2.05) is 51.1 Å². The van der Waals surface area contributed by atoms with Gasteiger partial charge in [0.1, 0.15) is 0 Å². The first-order valence-corrected chi connectivity index (χ1v) is 5.57. The summed E-state index contributed by atoms with van der Waals surface area (Å²) >= 11 is 0. The van der Waals surface area contributed by atoms with Crippen LogP contribution in [-0.4, -0.2) is 17.4 Å². The molecule has 92 valence electrons. The number of rotatable bonds is 3. The number of nitrogens with two attached hydrogens (primary N) is 2. The number of allylic oxidation sites excluding steroid dienone is 1. The number of nitrogens with zero attached hydrogens (tertiary/aromatic N) is 2. The smallest absolute Gasteiger partial charge is 0.169 e. The van der Waals surface area contributed by atoms with Crippen molar-refractivity contribution in [2.45, 2.75) is 20.8 Å². The molecule has 0 aromatic heterocycles. The molecule has 4 N–H and O–H groups in total. The summed E-state index contributed by atoms with van der Waals surface area (Å²) in [5.41, 5.74) is 3.28. The van der Waals surface area contributed by atoms with Crippen molar-refractivity contribution in [1.82, 2.24) is 5.01 Å². The second-order valence-corrected chi connectivity index (χ2v) is 4.08. The number of hydrogen-bond donors (Lipinski definition) is 2. The standard InChI is InChI=1S/C13H20N4/c1-4-10(2)9-17(15)13(16-14)12-7-5-11(3)6-8-12/h4-8H,9,14-15H2,1-3H3/b10-4+,16-13-. The molecule has 17 heavy (non-hydrogen) atoms. The monoisotopic (exact) mass is 232 g/mol. The third kappa shape index (κ3) is 3.60. The summed E-state index contributed by atoms with van der Waals surface area (Å²) in [5.74, 6) is 12.0. The van der Waals surface area contributed by atoms with Crippen LogP contribution in [0.5, 0.6) is 0 Å². The quantitative estimate of drug-likeness (QED) is 0.274. The van der Waals surface area contributed by atoms with Gasteiger partial charge in [-0.25, -0.2) is 5.84 Å². The number of amidine groups is 1. The van der Waals surface area contributed by atoms with E-state index in [0.717, 1.165) is 5.56 Å². The van der Waals surface area contributed by atoms with Crippen LogP contribution in [0, 0.1) is 6.92 Å². The average molecular weight is 232 g/mol. The van der Waals surface area contributed by atoms with E-state index in [1.54, 1.807) is 5.01 Å². The Hall–Kier alpha value is -1.81. The number of hydrazine groups is 1. The predicted molar refractivity (Wildman–Crippen MR) is 72.2 cm³/mol. The molecular formula is C13H20N4. The lowest BCUT2D eigenvalue weighted by molar-refractivity contribution is 0.476. The van der Waals surface area contributed by atoms with E-state index in [0.29, 0.717) is 12.4 Å². The molecule has 4 nitrogen and oxygen atoms in total. The molecule has 0 unspecified atom stereocenters. The fraction of sp³-hybridized carbons (Fsp3) is 0.308. The Bertz CT molecular complexity index is 418. The second-order valence-electron chi connectivity index (χ2n) is 4.08. The van der Waals surface area contributed by atoms with E-state index in [4.69, 9.17) is 11.7 Å². The largest absolute Gasteiger partial charge is 0.321 e. The van der Waals surface area contributed by atoms with Crippen molar-refractivity contribution in [3.8, 4) is 0 Å². The molecule has 4 heteroatoms. The molecule has 0 aliphatic carbocycles. The zero-order chi connectivity index (χ0) is 12.8. The van der Waals surface area contributed by atoms with Crippen LogP contribution in [0.4, 0.5) is 0 Å². The van der Waals surface area contributed by atoms with Crippen LogP contribution >= 0.6 is 0 Å². The van der Waals surface area contributed by atoms with Crippen LogP contribution in [0.25, 0.3) is 0 Å². The van der Waals surface area contributed by atoms with Crippen molar-refractivity contribution >= 4 is 5.84 Å². The lowest BCUT2D eigenvalue weighted by Gasteiger charge is -2.20. The zero-order valence-electron chi connectivity index (χ0n) is 10.6. The minimum atomic E-state index is 0.589. The van der Waals surface area contributed by atoms with Crippen molar-refractivity contribution < 1.29 is 0 Å². The van der Waals surface area contributed by atoms with Gasteiger partial charge in [-0.05, 0) is 20.8 Å². The van der Waals surface area contributed by atoms with Crippen molar-refractivity contribution in [3.05, 3.63) is 47.0 Å². The van der Waals surface area contributed by atoms with Gasteiger partial charge in [0.25, 0.3) is 0 Å². The first-order valence-electron chi connectivity index (χ1n) is 5.57. The molecule has 0 saturated heterocycles. The number of hydrogen-bond acceptors (Lipinski definition) is 3. The maximum absolute atomic E-state index is 5.96. The molecule has 0 fully saturated rings. The van der Waals surface area contributed by atoms with Crippen LogP contribution < -0.4 is 11.7 Å². The highest BCUT2D eigenvalue weighted by Crippen LogP contribution is 2.07. The molecule has 1 rings (SSSR count). The van der Waals surface area contributed by atoms with Gasteiger partial charge < -0.3 is 5.84 Å². The molecule has 0 bridgehead atoms. The van der Waals surface area contributed by atoms with E-state index in [-0.39, 0.29) is 0 Å². The van der Waals surface area contributed by atoms with Crippen LogP contribution in [-0.2, 0) is 0 Å². The van der Waals surface area contributed by atoms with E-state index < -0.39 is 0 Å². The zero-order valence-corrected chi connectivity index (χ0v) is 10.6. The molecule has 0 spiro atoms. The van der Waals surface area contributed by atoms with Gasteiger partial charge in [-0.1, -0.05) is 41.5 Å². The van der Waals surface area contributed by atoms with Gasteiger partial charge in [-0.2, -0.15) is 5.10 Å². The highest BCUT2D eigenvalue weighted by Gasteiger charge is 2.10. The Morgan fingerprint density at radius 1 is 1.35 bits per heavy atom. The Balaban J connectivity index is 2.89. The highest BCUT2D eigenvalue weighted by atomic mass is 15.4. The molecule has 1 aromatic rings. The summed E-state index contributed by atoms with van der Waals surface area (Å²) in [6, 6.07) is 7.95. The van der Waals surface area contributed by atoms with E-state index in [2.05, 4.69) is 5.10 Å². The third-order valence-corrected chi connectivity index (χ3v) is 2.62. The SMILES string of the molecule is C/C=C(\C)CN(N)/C(=N\N)c1ccc(C)cc1. The fourth-order valence-corrected chi connectivity index (χ4v) is 1.45. The molecule has 0 amide bonds. The topological polar surface area (TPSA) is 67.6 Å². The van der Waals surface area contributed by atoms with Gasteiger partial charge in [0.2, 0.25) is 0 Å². The molecule has 0 saturated carbocycles. The maximum atomic E-state index is 5.96. The summed E-state index contributed by atoms with van der Waals surface area (Å²) in [7, 11) is 0. The van der Waals surface area contributed by atoms with Gasteiger partial charge in [-0.3, -0.25) is 5.01 Å². The van der Waals surface area contributed by atoms with Crippen LogP contribution in [0.3, 0.4) is 0 Å². The summed E-state index contributed by atoms with van der Waals surface area (Å²) in [6.45, 7) is 6.64. The molecule has 1 aromatic carbocycles. The van der Waals surface area contributed by atoms with Crippen LogP contribution in [0.1, 0.15) is 25.0 Å². The summed E-state index contributed by atoms with van der Waals surface area (Å²) < 4.78 is 0. The normalized spacial score (nSPS) is 12.7. The summed E-state index contributed by atoms with van der Waals surface area (Å²) in [6.07, 6.45) is 2.02. The Labute approximate surface area is 103 Å². The fourth-order valence-electron chi connectivity index (χ4n) is 1.45. The first-order chi connectivity index (χ1) is 8.08. The van der Waals surface area contributed by atoms with Crippen LogP contribution in [0.15, 0.2) is 41.0 Å². The minimum Gasteiger partial charge on any atom is -0.321 e. The van der Waals surface area contributed by atoms with Gasteiger partial charge >= 0.3 is 0 Å². The Morgan fingerprint density at radius 3 is 2.41 bits per heavy atom. The molecule has 0 heterocycles. The Kier molecular flexibility index (Phi) is 4.72. The molecule has 0 radical (unpaired) electrons.